The second-order valence-corrected chi connectivity index (χ2v) is 5.40. The molecule has 0 fully saturated rings. The standard InChI is InChI=1S/C12H24N2O3/c1-7-9(10(15)16)13-11(17)14(6)8(2)12(3,4)5/h8-9H,7H2,1-6H3,(H,13,17)(H,15,16). The normalized spacial score (nSPS) is 14.9. The molecule has 0 aliphatic heterocycles. The van der Waals surface area contributed by atoms with Gasteiger partial charge >= 0.3 is 12.0 Å². The van der Waals surface area contributed by atoms with Crippen LogP contribution in [0.5, 0.6) is 0 Å². The predicted octanol–water partition coefficient (Wildman–Crippen LogP) is 1.93. The zero-order chi connectivity index (χ0) is 13.8. The summed E-state index contributed by atoms with van der Waals surface area (Å²) in [6.45, 7) is 9.79. The second kappa shape index (κ2) is 5.89. The Labute approximate surface area is 103 Å². The van der Waals surface area contributed by atoms with E-state index in [0.29, 0.717) is 6.42 Å². The Hall–Kier alpha value is -1.26. The number of nitrogens with one attached hydrogen (secondary N) is 1. The van der Waals surface area contributed by atoms with Crippen LogP contribution < -0.4 is 5.32 Å². The van der Waals surface area contributed by atoms with E-state index in [2.05, 4.69) is 5.32 Å². The molecule has 2 amide bonds. The molecular weight excluding hydrogens is 220 g/mol. The van der Waals surface area contributed by atoms with Crippen LogP contribution in [0.2, 0.25) is 0 Å². The Kier molecular flexibility index (Phi) is 5.45. The summed E-state index contributed by atoms with van der Waals surface area (Å²) in [5.74, 6) is -1.00. The van der Waals surface area contributed by atoms with E-state index >= 15 is 0 Å². The summed E-state index contributed by atoms with van der Waals surface area (Å²) in [6.07, 6.45) is 0.374. The van der Waals surface area contributed by atoms with Gasteiger partial charge in [-0.15, -0.1) is 0 Å². The third kappa shape index (κ3) is 4.63. The van der Waals surface area contributed by atoms with Gasteiger partial charge in [-0.3, -0.25) is 0 Å². The van der Waals surface area contributed by atoms with Crippen molar-refractivity contribution >= 4 is 12.0 Å². The van der Waals surface area contributed by atoms with Gasteiger partial charge in [0.25, 0.3) is 0 Å². The number of carbonyl (C=O) groups is 2. The van der Waals surface area contributed by atoms with Crippen LogP contribution in [0, 0.1) is 5.41 Å². The number of rotatable bonds is 4. The van der Waals surface area contributed by atoms with E-state index in [1.807, 2.05) is 27.7 Å². The Morgan fingerprint density at radius 1 is 1.35 bits per heavy atom. The van der Waals surface area contributed by atoms with Gasteiger partial charge in [0, 0.05) is 13.1 Å². The number of urea groups is 1. The third-order valence-corrected chi connectivity index (χ3v) is 3.16. The first kappa shape index (κ1) is 15.7. The summed E-state index contributed by atoms with van der Waals surface area (Å²) in [6, 6.07) is -1.15. The largest absolute Gasteiger partial charge is 0.480 e. The molecule has 0 saturated heterocycles. The molecule has 0 bridgehead atoms. The maximum absolute atomic E-state index is 11.9. The SMILES string of the molecule is CCC(NC(=O)N(C)C(C)C(C)(C)C)C(=O)O. The monoisotopic (exact) mass is 244 g/mol. The van der Waals surface area contributed by atoms with Crippen molar-refractivity contribution in [2.45, 2.75) is 53.1 Å². The van der Waals surface area contributed by atoms with Crippen molar-refractivity contribution in [2.75, 3.05) is 7.05 Å². The van der Waals surface area contributed by atoms with Crippen molar-refractivity contribution in [1.29, 1.82) is 0 Å². The molecule has 0 radical (unpaired) electrons. The van der Waals surface area contributed by atoms with Crippen LogP contribution in [0.25, 0.3) is 0 Å². The van der Waals surface area contributed by atoms with Crippen molar-refractivity contribution in [3.05, 3.63) is 0 Å². The van der Waals surface area contributed by atoms with Gasteiger partial charge in [0.15, 0.2) is 0 Å². The van der Waals surface area contributed by atoms with Gasteiger partial charge in [0.2, 0.25) is 0 Å². The van der Waals surface area contributed by atoms with E-state index in [1.165, 1.54) is 0 Å². The van der Waals surface area contributed by atoms with Crippen molar-refractivity contribution in [3.63, 3.8) is 0 Å². The van der Waals surface area contributed by atoms with Crippen LogP contribution in [-0.4, -0.2) is 41.1 Å². The molecular formula is C12H24N2O3. The molecule has 2 atom stereocenters. The number of hydrogen-bond donors (Lipinski definition) is 2. The quantitative estimate of drug-likeness (QED) is 0.793. The minimum Gasteiger partial charge on any atom is -0.480 e. The zero-order valence-corrected chi connectivity index (χ0v) is 11.6. The Morgan fingerprint density at radius 3 is 2.12 bits per heavy atom. The fourth-order valence-electron chi connectivity index (χ4n) is 1.35. The minimum absolute atomic E-state index is 0.0220. The lowest BCUT2D eigenvalue weighted by Gasteiger charge is -2.35. The van der Waals surface area contributed by atoms with Crippen LogP contribution >= 0.6 is 0 Å². The first-order valence-electron chi connectivity index (χ1n) is 5.87. The molecule has 2 unspecified atom stereocenters. The van der Waals surface area contributed by atoms with Crippen LogP contribution in [0.4, 0.5) is 4.79 Å². The molecule has 2 N–H and O–H groups in total. The summed E-state index contributed by atoms with van der Waals surface area (Å²) < 4.78 is 0. The van der Waals surface area contributed by atoms with E-state index in [1.54, 1.807) is 18.9 Å². The highest BCUT2D eigenvalue weighted by Gasteiger charge is 2.28. The Bertz CT molecular complexity index is 284. The molecule has 0 rings (SSSR count). The van der Waals surface area contributed by atoms with Crippen LogP contribution in [0.15, 0.2) is 0 Å². The van der Waals surface area contributed by atoms with Gasteiger partial charge in [-0.1, -0.05) is 27.7 Å². The smallest absolute Gasteiger partial charge is 0.326 e. The van der Waals surface area contributed by atoms with E-state index in [4.69, 9.17) is 5.11 Å². The average molecular weight is 244 g/mol. The minimum atomic E-state index is -1.00. The Morgan fingerprint density at radius 2 is 1.82 bits per heavy atom. The van der Waals surface area contributed by atoms with E-state index in [9.17, 15) is 9.59 Å². The molecule has 5 heteroatoms. The van der Waals surface area contributed by atoms with Crippen molar-refractivity contribution in [3.8, 4) is 0 Å². The molecule has 0 saturated carbocycles. The summed E-state index contributed by atoms with van der Waals surface area (Å²) in [7, 11) is 1.68. The zero-order valence-electron chi connectivity index (χ0n) is 11.6. The molecule has 0 heterocycles. The lowest BCUT2D eigenvalue weighted by molar-refractivity contribution is -0.139. The van der Waals surface area contributed by atoms with Gasteiger partial charge in [-0.25, -0.2) is 9.59 Å². The highest BCUT2D eigenvalue weighted by molar-refractivity contribution is 5.82. The van der Waals surface area contributed by atoms with Crippen LogP contribution in [0.3, 0.4) is 0 Å². The number of hydrogen-bond acceptors (Lipinski definition) is 2. The van der Waals surface area contributed by atoms with E-state index in [-0.39, 0.29) is 17.5 Å². The van der Waals surface area contributed by atoms with E-state index in [0.717, 1.165) is 0 Å². The molecule has 0 aliphatic rings. The highest BCUT2D eigenvalue weighted by atomic mass is 16.4. The van der Waals surface area contributed by atoms with Gasteiger partial charge in [0.05, 0.1) is 0 Å². The topological polar surface area (TPSA) is 69.6 Å². The van der Waals surface area contributed by atoms with Crippen LogP contribution in [0.1, 0.15) is 41.0 Å². The maximum Gasteiger partial charge on any atom is 0.326 e. The van der Waals surface area contributed by atoms with Gasteiger partial charge < -0.3 is 15.3 Å². The summed E-state index contributed by atoms with van der Waals surface area (Å²) in [5.41, 5.74) is -0.0446. The fraction of sp³-hybridized carbons (Fsp3) is 0.833. The highest BCUT2D eigenvalue weighted by Crippen LogP contribution is 2.22. The van der Waals surface area contributed by atoms with Crippen molar-refractivity contribution in [1.82, 2.24) is 10.2 Å². The molecule has 100 valence electrons. The molecule has 0 spiro atoms. The van der Waals surface area contributed by atoms with Gasteiger partial charge in [-0.2, -0.15) is 0 Å². The predicted molar refractivity (Wildman–Crippen MR) is 66.9 cm³/mol. The number of carboxylic acid groups (broad SMARTS) is 1. The van der Waals surface area contributed by atoms with Crippen LogP contribution in [-0.2, 0) is 4.79 Å². The summed E-state index contributed by atoms with van der Waals surface area (Å²) >= 11 is 0. The number of nitrogens with zero attached hydrogens (tertiary/aromatic N) is 1. The van der Waals surface area contributed by atoms with Crippen molar-refractivity contribution in [2.24, 2.45) is 5.41 Å². The van der Waals surface area contributed by atoms with Gasteiger partial charge in [-0.05, 0) is 18.8 Å². The lowest BCUT2D eigenvalue weighted by atomic mass is 9.87. The molecule has 0 aromatic carbocycles. The summed E-state index contributed by atoms with van der Waals surface area (Å²) in [4.78, 5) is 24.2. The maximum atomic E-state index is 11.9. The number of aliphatic carboxylic acids is 1. The molecule has 17 heavy (non-hydrogen) atoms. The van der Waals surface area contributed by atoms with E-state index < -0.39 is 12.0 Å². The van der Waals surface area contributed by atoms with Gasteiger partial charge in [0.1, 0.15) is 6.04 Å². The first-order chi connectivity index (χ1) is 7.61. The average Bonchev–Trinajstić information content (AvgIpc) is 2.21. The second-order valence-electron chi connectivity index (χ2n) is 5.40. The third-order valence-electron chi connectivity index (χ3n) is 3.16. The number of carboxylic acids is 1. The molecule has 0 aromatic rings. The molecule has 5 nitrogen and oxygen atoms in total. The fourth-order valence-corrected chi connectivity index (χ4v) is 1.35. The summed E-state index contributed by atoms with van der Waals surface area (Å²) in [5, 5.41) is 11.4. The number of amides is 2. The molecule has 0 aromatic heterocycles. The number of carbonyl (C=O) groups excluding carboxylic acids is 1. The molecule has 0 aliphatic carbocycles. The lowest BCUT2D eigenvalue weighted by Crippen LogP contribution is -2.51. The van der Waals surface area contributed by atoms with Crippen molar-refractivity contribution < 1.29 is 14.7 Å². The first-order valence-corrected chi connectivity index (χ1v) is 5.87. The Balaban J connectivity index is 4.56.